The van der Waals surface area contributed by atoms with Crippen molar-refractivity contribution in [2.24, 2.45) is 0 Å². The normalized spacial score (nSPS) is 20.0. The molecule has 1 aliphatic rings. The Bertz CT molecular complexity index is 353. The topological polar surface area (TPSA) is 0 Å². The molecule has 0 N–H and O–H groups in total. The second-order valence-corrected chi connectivity index (χ2v) is 5.27. The molecule has 1 fully saturated rings. The summed E-state index contributed by atoms with van der Waals surface area (Å²) in [6.45, 7) is 3.28. The second-order valence-electron chi connectivity index (χ2n) is 5.27. The molecule has 0 aromatic heterocycles. The Morgan fingerprint density at radius 1 is 1.06 bits per heavy atom. The van der Waals surface area contributed by atoms with E-state index in [2.05, 4.69) is 0 Å². The van der Waals surface area contributed by atoms with Crippen LogP contribution in [0.5, 0.6) is 0 Å². The Morgan fingerprint density at radius 3 is 2.00 bits per heavy atom. The Kier molecular flexibility index (Phi) is 2.77. The van der Waals surface area contributed by atoms with Gasteiger partial charge in [-0.25, -0.2) is 8.78 Å². The van der Waals surface area contributed by atoms with Crippen molar-refractivity contribution in [3.63, 3.8) is 0 Å². The minimum atomic E-state index is -1.25. The van der Waals surface area contributed by atoms with Crippen molar-refractivity contribution in [2.45, 2.75) is 50.6 Å². The molecule has 0 spiro atoms. The molecule has 0 bridgehead atoms. The lowest BCUT2D eigenvalue weighted by molar-refractivity contribution is 0.0917. The third kappa shape index (κ3) is 1.74. The zero-order chi connectivity index (χ0) is 11.8. The monoisotopic (exact) mass is 224 g/mol. The van der Waals surface area contributed by atoms with Gasteiger partial charge in [0.25, 0.3) is 0 Å². The summed E-state index contributed by atoms with van der Waals surface area (Å²) in [5.74, 6) is -0.256. The van der Waals surface area contributed by atoms with Crippen molar-refractivity contribution in [3.8, 4) is 0 Å². The summed E-state index contributed by atoms with van der Waals surface area (Å²) in [6, 6.07) is 6.34. The maximum atomic E-state index is 14.4. The van der Waals surface area contributed by atoms with E-state index in [1.165, 1.54) is 12.1 Å². The number of halogens is 2. The van der Waals surface area contributed by atoms with Crippen molar-refractivity contribution in [1.29, 1.82) is 0 Å². The molecule has 2 heteroatoms. The van der Waals surface area contributed by atoms with Gasteiger partial charge in [-0.3, -0.25) is 0 Å². The smallest absolute Gasteiger partial charge is 0.123 e. The first-order chi connectivity index (χ1) is 7.46. The summed E-state index contributed by atoms with van der Waals surface area (Å²) < 4.78 is 27.3. The minimum Gasteiger partial charge on any atom is -0.244 e. The van der Waals surface area contributed by atoms with Crippen LogP contribution in [0.3, 0.4) is 0 Å². The van der Waals surface area contributed by atoms with Crippen molar-refractivity contribution in [2.75, 3.05) is 0 Å². The molecule has 0 heterocycles. The highest BCUT2D eigenvalue weighted by Crippen LogP contribution is 2.50. The van der Waals surface area contributed by atoms with Gasteiger partial charge < -0.3 is 0 Å². The van der Waals surface area contributed by atoms with Crippen LogP contribution in [0.25, 0.3) is 0 Å². The number of rotatable bonds is 2. The number of hydrogen-bond acceptors (Lipinski definition) is 0. The van der Waals surface area contributed by atoms with Gasteiger partial charge in [0.2, 0.25) is 0 Å². The minimum absolute atomic E-state index is 0.256. The van der Waals surface area contributed by atoms with Crippen molar-refractivity contribution in [3.05, 3.63) is 35.6 Å². The lowest BCUT2D eigenvalue weighted by atomic mass is 9.68. The van der Waals surface area contributed by atoms with Gasteiger partial charge in [0.05, 0.1) is 0 Å². The predicted octanol–water partition coefficient (Wildman–Crippen LogP) is 4.39. The van der Waals surface area contributed by atoms with E-state index in [0.717, 1.165) is 31.2 Å². The molecule has 2 rings (SSSR count). The predicted molar refractivity (Wildman–Crippen MR) is 61.7 cm³/mol. The highest BCUT2D eigenvalue weighted by atomic mass is 19.1. The first-order valence-electron chi connectivity index (χ1n) is 5.91. The van der Waals surface area contributed by atoms with Crippen LogP contribution >= 0.6 is 0 Å². The van der Waals surface area contributed by atoms with E-state index in [-0.39, 0.29) is 5.82 Å². The van der Waals surface area contributed by atoms with E-state index in [9.17, 15) is 8.78 Å². The molecule has 0 aliphatic heterocycles. The van der Waals surface area contributed by atoms with Gasteiger partial charge in [-0.2, -0.15) is 0 Å². The largest absolute Gasteiger partial charge is 0.244 e. The first kappa shape index (κ1) is 11.6. The lowest BCUT2D eigenvalue weighted by Gasteiger charge is -2.39. The summed E-state index contributed by atoms with van der Waals surface area (Å²) in [6.07, 6.45) is 3.85. The quantitative estimate of drug-likeness (QED) is 0.699. The van der Waals surface area contributed by atoms with Gasteiger partial charge in [0.1, 0.15) is 11.5 Å². The Balaban J connectivity index is 2.44. The van der Waals surface area contributed by atoms with Gasteiger partial charge in [-0.15, -0.1) is 0 Å². The van der Waals surface area contributed by atoms with Gasteiger partial charge in [-0.1, -0.05) is 25.0 Å². The molecular weight excluding hydrogens is 206 g/mol. The van der Waals surface area contributed by atoms with E-state index >= 15 is 0 Å². The summed E-state index contributed by atoms with van der Waals surface area (Å²) in [4.78, 5) is 0. The maximum absolute atomic E-state index is 14.4. The molecule has 0 atom stereocenters. The number of alkyl halides is 1. The van der Waals surface area contributed by atoms with Crippen LogP contribution < -0.4 is 0 Å². The molecule has 88 valence electrons. The molecule has 0 unspecified atom stereocenters. The first-order valence-corrected chi connectivity index (χ1v) is 5.91. The van der Waals surface area contributed by atoms with Crippen LogP contribution in [0.2, 0.25) is 0 Å². The average molecular weight is 224 g/mol. The zero-order valence-corrected chi connectivity index (χ0v) is 9.89. The summed E-state index contributed by atoms with van der Waals surface area (Å²) >= 11 is 0. The fourth-order valence-electron chi connectivity index (χ4n) is 2.97. The van der Waals surface area contributed by atoms with E-state index in [1.807, 2.05) is 0 Å². The number of benzene rings is 1. The highest BCUT2D eigenvalue weighted by Gasteiger charge is 2.48. The van der Waals surface area contributed by atoms with Crippen LogP contribution in [-0.4, -0.2) is 5.67 Å². The third-order valence-corrected chi connectivity index (χ3v) is 3.99. The SMILES string of the molecule is CC(C)(F)C1(c2ccc(F)cc2)CCCC1. The fourth-order valence-corrected chi connectivity index (χ4v) is 2.97. The fraction of sp³-hybridized carbons (Fsp3) is 0.571. The van der Waals surface area contributed by atoms with Crippen LogP contribution in [0.4, 0.5) is 8.78 Å². The van der Waals surface area contributed by atoms with Gasteiger partial charge in [0, 0.05) is 5.41 Å². The van der Waals surface area contributed by atoms with E-state index in [4.69, 9.17) is 0 Å². The zero-order valence-electron chi connectivity index (χ0n) is 9.89. The van der Waals surface area contributed by atoms with Crippen LogP contribution in [-0.2, 0) is 5.41 Å². The summed E-state index contributed by atoms with van der Waals surface area (Å²) in [5, 5.41) is 0. The standard InChI is InChI=1S/C14H18F2/c1-13(2,16)14(9-3-4-10-14)11-5-7-12(15)8-6-11/h5-8H,3-4,9-10H2,1-2H3. The van der Waals surface area contributed by atoms with Crippen LogP contribution in [0.1, 0.15) is 45.1 Å². The molecule has 1 saturated carbocycles. The van der Waals surface area contributed by atoms with E-state index in [0.29, 0.717) is 0 Å². The van der Waals surface area contributed by atoms with Crippen molar-refractivity contribution >= 4 is 0 Å². The van der Waals surface area contributed by atoms with Crippen LogP contribution in [0, 0.1) is 5.82 Å². The summed E-state index contributed by atoms with van der Waals surface area (Å²) in [5.41, 5.74) is -0.721. The molecule has 0 radical (unpaired) electrons. The lowest BCUT2D eigenvalue weighted by Crippen LogP contribution is -2.41. The van der Waals surface area contributed by atoms with Crippen LogP contribution in [0.15, 0.2) is 24.3 Å². The molecule has 0 amide bonds. The molecular formula is C14H18F2. The number of hydrogen-bond donors (Lipinski definition) is 0. The second kappa shape index (κ2) is 3.83. The van der Waals surface area contributed by atoms with Crippen molar-refractivity contribution in [1.82, 2.24) is 0 Å². The highest BCUT2D eigenvalue weighted by molar-refractivity contribution is 5.30. The molecule has 16 heavy (non-hydrogen) atoms. The Labute approximate surface area is 95.7 Å². The average Bonchev–Trinajstić information content (AvgIpc) is 2.68. The van der Waals surface area contributed by atoms with E-state index in [1.54, 1.807) is 26.0 Å². The molecule has 1 aliphatic carbocycles. The summed E-state index contributed by atoms with van der Waals surface area (Å²) in [7, 11) is 0. The van der Waals surface area contributed by atoms with Crippen molar-refractivity contribution < 1.29 is 8.78 Å². The van der Waals surface area contributed by atoms with Gasteiger partial charge in [0.15, 0.2) is 0 Å². The maximum Gasteiger partial charge on any atom is 0.123 e. The van der Waals surface area contributed by atoms with Gasteiger partial charge >= 0.3 is 0 Å². The molecule has 0 saturated heterocycles. The molecule has 0 nitrogen and oxygen atoms in total. The molecule has 1 aromatic carbocycles. The van der Waals surface area contributed by atoms with E-state index < -0.39 is 11.1 Å². The Morgan fingerprint density at radius 2 is 1.56 bits per heavy atom. The van der Waals surface area contributed by atoms with Gasteiger partial charge in [-0.05, 0) is 44.4 Å². The molecule has 1 aromatic rings. The third-order valence-electron chi connectivity index (χ3n) is 3.99. The Hall–Kier alpha value is -0.920.